The summed E-state index contributed by atoms with van der Waals surface area (Å²) < 4.78 is 11.4. The quantitative estimate of drug-likeness (QED) is 0.869. The predicted octanol–water partition coefficient (Wildman–Crippen LogP) is 3.60. The summed E-state index contributed by atoms with van der Waals surface area (Å²) in [5.41, 5.74) is 0.184. The van der Waals surface area contributed by atoms with Gasteiger partial charge in [0.25, 0.3) is 0 Å². The SMILES string of the molecule is CCOc1cccc(C(=O)O)c1OCC1CC2CCC1C2. The number of aromatic carboxylic acids is 1. The van der Waals surface area contributed by atoms with Crippen molar-refractivity contribution in [1.82, 2.24) is 0 Å². The molecule has 4 heteroatoms. The van der Waals surface area contributed by atoms with Crippen LogP contribution in [0.15, 0.2) is 18.2 Å². The van der Waals surface area contributed by atoms with E-state index < -0.39 is 5.97 Å². The minimum atomic E-state index is -0.973. The molecular formula is C17H22O4. The van der Waals surface area contributed by atoms with Crippen molar-refractivity contribution in [2.75, 3.05) is 13.2 Å². The van der Waals surface area contributed by atoms with Crippen molar-refractivity contribution < 1.29 is 19.4 Å². The molecule has 2 fully saturated rings. The van der Waals surface area contributed by atoms with Gasteiger partial charge in [-0.2, -0.15) is 0 Å². The van der Waals surface area contributed by atoms with Crippen LogP contribution in [0.5, 0.6) is 11.5 Å². The Morgan fingerprint density at radius 1 is 1.29 bits per heavy atom. The lowest BCUT2D eigenvalue weighted by atomic mass is 9.89. The average Bonchev–Trinajstić information content (AvgIpc) is 3.08. The van der Waals surface area contributed by atoms with Crippen molar-refractivity contribution in [3.63, 3.8) is 0 Å². The lowest BCUT2D eigenvalue weighted by Crippen LogP contribution is -2.19. The zero-order valence-corrected chi connectivity index (χ0v) is 12.4. The summed E-state index contributed by atoms with van der Waals surface area (Å²) in [6.07, 6.45) is 5.21. The maximum absolute atomic E-state index is 11.4. The number of benzene rings is 1. The second-order valence-corrected chi connectivity index (χ2v) is 6.12. The van der Waals surface area contributed by atoms with Gasteiger partial charge in [0, 0.05) is 0 Å². The van der Waals surface area contributed by atoms with Gasteiger partial charge in [-0.15, -0.1) is 0 Å². The van der Waals surface area contributed by atoms with E-state index >= 15 is 0 Å². The van der Waals surface area contributed by atoms with E-state index in [2.05, 4.69) is 0 Å². The van der Waals surface area contributed by atoms with E-state index in [1.807, 2.05) is 6.92 Å². The van der Waals surface area contributed by atoms with Crippen LogP contribution in [0.3, 0.4) is 0 Å². The van der Waals surface area contributed by atoms with Crippen LogP contribution in [0.1, 0.15) is 43.0 Å². The zero-order chi connectivity index (χ0) is 14.8. The largest absolute Gasteiger partial charge is 0.490 e. The smallest absolute Gasteiger partial charge is 0.339 e. The Morgan fingerprint density at radius 2 is 2.14 bits per heavy atom. The molecule has 0 radical (unpaired) electrons. The molecule has 0 saturated heterocycles. The van der Waals surface area contributed by atoms with Gasteiger partial charge >= 0.3 is 5.97 Å². The van der Waals surface area contributed by atoms with Crippen LogP contribution >= 0.6 is 0 Å². The summed E-state index contributed by atoms with van der Waals surface area (Å²) in [7, 11) is 0. The number of hydrogen-bond donors (Lipinski definition) is 1. The van der Waals surface area contributed by atoms with E-state index in [1.54, 1.807) is 18.2 Å². The van der Waals surface area contributed by atoms with Crippen LogP contribution in [-0.4, -0.2) is 24.3 Å². The second kappa shape index (κ2) is 5.96. The van der Waals surface area contributed by atoms with Crippen molar-refractivity contribution in [3.05, 3.63) is 23.8 Å². The lowest BCUT2D eigenvalue weighted by Gasteiger charge is -2.23. The van der Waals surface area contributed by atoms with E-state index in [1.165, 1.54) is 25.7 Å². The molecule has 1 aromatic carbocycles. The lowest BCUT2D eigenvalue weighted by molar-refractivity contribution is 0.0689. The molecule has 1 N–H and O–H groups in total. The summed E-state index contributed by atoms with van der Waals surface area (Å²) in [6.45, 7) is 2.98. The first-order chi connectivity index (χ1) is 10.2. The van der Waals surface area contributed by atoms with Crippen molar-refractivity contribution >= 4 is 5.97 Å². The third kappa shape index (κ3) is 2.85. The normalized spacial score (nSPS) is 26.8. The van der Waals surface area contributed by atoms with Crippen molar-refractivity contribution in [1.29, 1.82) is 0 Å². The van der Waals surface area contributed by atoms with Gasteiger partial charge in [0.2, 0.25) is 0 Å². The van der Waals surface area contributed by atoms with E-state index in [-0.39, 0.29) is 5.56 Å². The van der Waals surface area contributed by atoms with Gasteiger partial charge in [0.1, 0.15) is 5.56 Å². The number of fused-ring (bicyclic) bond motifs is 2. The number of carboxylic acid groups (broad SMARTS) is 1. The van der Waals surface area contributed by atoms with E-state index in [0.29, 0.717) is 30.6 Å². The molecule has 0 amide bonds. The summed E-state index contributed by atoms with van der Waals surface area (Å²) in [5, 5.41) is 9.32. The van der Waals surface area contributed by atoms with Crippen LogP contribution in [-0.2, 0) is 0 Å². The molecule has 0 aliphatic heterocycles. The van der Waals surface area contributed by atoms with Crippen molar-refractivity contribution in [2.45, 2.75) is 32.6 Å². The van der Waals surface area contributed by atoms with Crippen LogP contribution in [0.2, 0.25) is 0 Å². The van der Waals surface area contributed by atoms with Crippen LogP contribution in [0.4, 0.5) is 0 Å². The number of carboxylic acids is 1. The molecule has 2 bridgehead atoms. The zero-order valence-electron chi connectivity index (χ0n) is 12.4. The second-order valence-electron chi connectivity index (χ2n) is 6.12. The summed E-state index contributed by atoms with van der Waals surface area (Å²) in [6, 6.07) is 5.03. The first-order valence-corrected chi connectivity index (χ1v) is 7.81. The minimum Gasteiger partial charge on any atom is -0.490 e. The summed E-state index contributed by atoms with van der Waals surface area (Å²) in [5.74, 6) is 2.14. The van der Waals surface area contributed by atoms with Gasteiger partial charge in [0.05, 0.1) is 13.2 Å². The molecule has 114 valence electrons. The molecule has 3 rings (SSSR count). The summed E-state index contributed by atoms with van der Waals surface area (Å²) in [4.78, 5) is 11.4. The molecular weight excluding hydrogens is 268 g/mol. The van der Waals surface area contributed by atoms with Crippen LogP contribution in [0, 0.1) is 17.8 Å². The maximum Gasteiger partial charge on any atom is 0.339 e. The molecule has 2 saturated carbocycles. The number of rotatable bonds is 6. The standard InChI is InChI=1S/C17H22O4/c1-2-20-15-5-3-4-14(17(18)19)16(15)21-10-13-9-11-6-7-12(13)8-11/h3-5,11-13H,2,6-10H2,1H3,(H,18,19). The number of carbonyl (C=O) groups is 1. The predicted molar refractivity (Wildman–Crippen MR) is 79.0 cm³/mol. The van der Waals surface area contributed by atoms with Gasteiger partial charge in [-0.3, -0.25) is 0 Å². The van der Waals surface area contributed by atoms with Crippen molar-refractivity contribution in [3.8, 4) is 11.5 Å². The third-order valence-corrected chi connectivity index (χ3v) is 4.84. The fourth-order valence-corrected chi connectivity index (χ4v) is 3.87. The van der Waals surface area contributed by atoms with Gasteiger partial charge in [0.15, 0.2) is 11.5 Å². The van der Waals surface area contributed by atoms with Gasteiger partial charge in [-0.05, 0) is 56.1 Å². The number of hydrogen-bond acceptors (Lipinski definition) is 3. The topological polar surface area (TPSA) is 55.8 Å². The highest BCUT2D eigenvalue weighted by Crippen LogP contribution is 2.48. The Morgan fingerprint density at radius 3 is 2.76 bits per heavy atom. The van der Waals surface area contributed by atoms with E-state index in [9.17, 15) is 9.90 Å². The monoisotopic (exact) mass is 290 g/mol. The molecule has 0 aromatic heterocycles. The Labute approximate surface area is 125 Å². The van der Waals surface area contributed by atoms with E-state index in [0.717, 1.165) is 11.8 Å². The maximum atomic E-state index is 11.4. The Bertz CT molecular complexity index is 526. The highest BCUT2D eigenvalue weighted by atomic mass is 16.5. The Hall–Kier alpha value is -1.71. The minimum absolute atomic E-state index is 0.184. The Balaban J connectivity index is 1.75. The van der Waals surface area contributed by atoms with Crippen molar-refractivity contribution in [2.24, 2.45) is 17.8 Å². The molecule has 3 atom stereocenters. The van der Waals surface area contributed by atoms with Crippen LogP contribution < -0.4 is 9.47 Å². The van der Waals surface area contributed by atoms with Gasteiger partial charge < -0.3 is 14.6 Å². The van der Waals surface area contributed by atoms with Crippen LogP contribution in [0.25, 0.3) is 0 Å². The molecule has 1 aromatic rings. The Kier molecular flexibility index (Phi) is 4.04. The first kappa shape index (κ1) is 14.2. The molecule has 2 aliphatic carbocycles. The van der Waals surface area contributed by atoms with Gasteiger partial charge in [-0.25, -0.2) is 4.79 Å². The average molecular weight is 290 g/mol. The third-order valence-electron chi connectivity index (χ3n) is 4.84. The van der Waals surface area contributed by atoms with E-state index in [4.69, 9.17) is 9.47 Å². The fourth-order valence-electron chi connectivity index (χ4n) is 3.87. The fraction of sp³-hybridized carbons (Fsp3) is 0.588. The van der Waals surface area contributed by atoms with Gasteiger partial charge in [-0.1, -0.05) is 12.5 Å². The molecule has 2 aliphatic rings. The highest BCUT2D eigenvalue weighted by Gasteiger charge is 2.39. The molecule has 0 spiro atoms. The molecule has 21 heavy (non-hydrogen) atoms. The number of ether oxygens (including phenoxy) is 2. The molecule has 4 nitrogen and oxygen atoms in total. The number of para-hydroxylation sites is 1. The highest BCUT2D eigenvalue weighted by molar-refractivity contribution is 5.92. The first-order valence-electron chi connectivity index (χ1n) is 7.81. The molecule has 3 unspecified atom stereocenters. The molecule has 0 heterocycles. The summed E-state index contributed by atoms with van der Waals surface area (Å²) >= 11 is 0.